The molecule has 104 valence electrons. The van der Waals surface area contributed by atoms with Gasteiger partial charge < -0.3 is 15.4 Å². The number of hydrogen-bond acceptors (Lipinski definition) is 3. The molecule has 4 nitrogen and oxygen atoms in total. The van der Waals surface area contributed by atoms with Crippen molar-refractivity contribution in [1.82, 2.24) is 4.90 Å². The van der Waals surface area contributed by atoms with Crippen molar-refractivity contribution in [3.63, 3.8) is 0 Å². The molecule has 0 aromatic heterocycles. The Labute approximate surface area is 115 Å². The number of ether oxygens (including phenoxy) is 1. The molecule has 0 radical (unpaired) electrons. The molecule has 1 amide bonds. The SMILES string of the molecule is CC(C(N)=S)N(C)C(=O)c1ccccc1OC(F)F. The molecule has 19 heavy (non-hydrogen) atoms. The van der Waals surface area contributed by atoms with Crippen molar-refractivity contribution < 1.29 is 18.3 Å². The number of alkyl halides is 2. The number of carbonyl (C=O) groups excluding carboxylic acids is 1. The Kier molecular flexibility index (Phi) is 5.17. The van der Waals surface area contributed by atoms with E-state index >= 15 is 0 Å². The summed E-state index contributed by atoms with van der Waals surface area (Å²) in [6.45, 7) is -1.34. The van der Waals surface area contributed by atoms with Crippen molar-refractivity contribution in [2.75, 3.05) is 7.05 Å². The molecule has 0 saturated heterocycles. The molecule has 0 saturated carbocycles. The van der Waals surface area contributed by atoms with Crippen LogP contribution in [0.1, 0.15) is 17.3 Å². The van der Waals surface area contributed by atoms with Gasteiger partial charge >= 0.3 is 6.61 Å². The first-order valence-corrected chi connectivity index (χ1v) is 5.85. The van der Waals surface area contributed by atoms with Crippen molar-refractivity contribution in [1.29, 1.82) is 0 Å². The molecule has 1 unspecified atom stereocenters. The summed E-state index contributed by atoms with van der Waals surface area (Å²) < 4.78 is 28.8. The summed E-state index contributed by atoms with van der Waals surface area (Å²) >= 11 is 4.80. The highest BCUT2D eigenvalue weighted by atomic mass is 32.1. The number of nitrogens with two attached hydrogens (primary N) is 1. The summed E-state index contributed by atoms with van der Waals surface area (Å²) in [5.41, 5.74) is 5.49. The Morgan fingerprint density at radius 3 is 2.53 bits per heavy atom. The highest BCUT2D eigenvalue weighted by molar-refractivity contribution is 7.80. The largest absolute Gasteiger partial charge is 0.434 e. The van der Waals surface area contributed by atoms with E-state index in [9.17, 15) is 13.6 Å². The quantitative estimate of drug-likeness (QED) is 0.842. The average Bonchev–Trinajstić information content (AvgIpc) is 2.36. The van der Waals surface area contributed by atoms with Crippen LogP contribution in [0.25, 0.3) is 0 Å². The molecule has 1 aromatic carbocycles. The van der Waals surface area contributed by atoms with Crippen molar-refractivity contribution in [2.24, 2.45) is 5.73 Å². The summed E-state index contributed by atoms with van der Waals surface area (Å²) in [4.78, 5) is 13.6. The molecule has 2 N–H and O–H groups in total. The van der Waals surface area contributed by atoms with Gasteiger partial charge in [0.25, 0.3) is 5.91 Å². The zero-order chi connectivity index (χ0) is 14.6. The van der Waals surface area contributed by atoms with Crippen LogP contribution in [0.4, 0.5) is 8.78 Å². The fraction of sp³-hybridized carbons (Fsp3) is 0.333. The standard InChI is InChI=1S/C12H14F2N2O2S/c1-7(10(15)19)16(2)11(17)8-5-3-4-6-9(8)18-12(13)14/h3-7,12H,1-2H3,(H2,15,19). The first-order valence-electron chi connectivity index (χ1n) is 5.45. The van der Waals surface area contributed by atoms with Crippen LogP contribution in [-0.2, 0) is 0 Å². The van der Waals surface area contributed by atoms with Gasteiger partial charge in [0.05, 0.1) is 16.6 Å². The fourth-order valence-corrected chi connectivity index (χ4v) is 1.56. The molecule has 0 aliphatic heterocycles. The molecule has 0 bridgehead atoms. The van der Waals surface area contributed by atoms with E-state index in [1.165, 1.54) is 30.1 Å². The molecular formula is C12H14F2N2O2S. The number of rotatable bonds is 5. The topological polar surface area (TPSA) is 55.6 Å². The van der Waals surface area contributed by atoms with Gasteiger partial charge in [0.1, 0.15) is 5.75 Å². The minimum atomic E-state index is -2.99. The van der Waals surface area contributed by atoms with Crippen LogP contribution in [0.15, 0.2) is 24.3 Å². The third kappa shape index (κ3) is 3.85. The molecule has 0 aliphatic carbocycles. The van der Waals surface area contributed by atoms with Gasteiger partial charge in [-0.05, 0) is 19.1 Å². The Balaban J connectivity index is 3.02. The summed E-state index contributed by atoms with van der Waals surface area (Å²) in [5.74, 6) is -0.666. The molecule has 7 heteroatoms. The van der Waals surface area contributed by atoms with Gasteiger partial charge in [0.15, 0.2) is 0 Å². The Morgan fingerprint density at radius 1 is 1.42 bits per heavy atom. The number of thiocarbonyl (C=S) groups is 1. The molecule has 1 aromatic rings. The number of carbonyl (C=O) groups is 1. The van der Waals surface area contributed by atoms with Crippen molar-refractivity contribution in [2.45, 2.75) is 19.6 Å². The lowest BCUT2D eigenvalue weighted by Crippen LogP contribution is -2.42. The summed E-state index contributed by atoms with van der Waals surface area (Å²) in [6.07, 6.45) is 0. The normalized spacial score (nSPS) is 12.1. The zero-order valence-corrected chi connectivity index (χ0v) is 11.3. The maximum absolute atomic E-state index is 12.3. The second kappa shape index (κ2) is 6.42. The van der Waals surface area contributed by atoms with Crippen molar-refractivity contribution in [3.05, 3.63) is 29.8 Å². The third-order valence-electron chi connectivity index (χ3n) is 2.65. The monoisotopic (exact) mass is 288 g/mol. The molecule has 1 rings (SSSR count). The number of halogens is 2. The number of amides is 1. The molecule has 0 heterocycles. The van der Waals surface area contributed by atoms with Gasteiger partial charge in [-0.1, -0.05) is 24.4 Å². The predicted molar refractivity (Wildman–Crippen MR) is 71.4 cm³/mol. The zero-order valence-electron chi connectivity index (χ0n) is 10.5. The van der Waals surface area contributed by atoms with Crippen LogP contribution in [-0.4, -0.2) is 35.5 Å². The third-order valence-corrected chi connectivity index (χ3v) is 2.99. The fourth-order valence-electron chi connectivity index (χ4n) is 1.40. The first kappa shape index (κ1) is 15.3. The number of benzene rings is 1. The van der Waals surface area contributed by atoms with Gasteiger partial charge in [0.2, 0.25) is 0 Å². The highest BCUT2D eigenvalue weighted by Crippen LogP contribution is 2.22. The van der Waals surface area contributed by atoms with E-state index in [4.69, 9.17) is 18.0 Å². The Hall–Kier alpha value is -1.76. The first-order chi connectivity index (χ1) is 8.84. The molecule has 0 fully saturated rings. The van der Waals surface area contributed by atoms with Crippen molar-refractivity contribution in [3.8, 4) is 5.75 Å². The minimum absolute atomic E-state index is 0.0356. The smallest absolute Gasteiger partial charge is 0.387 e. The second-order valence-electron chi connectivity index (χ2n) is 3.87. The van der Waals surface area contributed by atoms with Crippen LogP contribution in [0, 0.1) is 0 Å². The lowest BCUT2D eigenvalue weighted by atomic mass is 10.1. The van der Waals surface area contributed by atoms with Crippen molar-refractivity contribution >= 4 is 23.1 Å². The van der Waals surface area contributed by atoms with E-state index in [2.05, 4.69) is 4.74 Å². The van der Waals surface area contributed by atoms with E-state index in [1.54, 1.807) is 13.0 Å². The lowest BCUT2D eigenvalue weighted by molar-refractivity contribution is -0.0502. The predicted octanol–water partition coefficient (Wildman–Crippen LogP) is 2.03. The number of nitrogens with zero attached hydrogens (tertiary/aromatic N) is 1. The summed E-state index contributed by atoms with van der Waals surface area (Å²) in [5, 5.41) is 0. The van der Waals surface area contributed by atoms with Gasteiger partial charge in [0, 0.05) is 7.05 Å². The van der Waals surface area contributed by atoms with Crippen LogP contribution in [0.3, 0.4) is 0 Å². The maximum Gasteiger partial charge on any atom is 0.387 e. The van der Waals surface area contributed by atoms with E-state index in [0.717, 1.165) is 0 Å². The number of para-hydroxylation sites is 1. The Bertz CT molecular complexity index is 483. The minimum Gasteiger partial charge on any atom is -0.434 e. The molecule has 0 spiro atoms. The van der Waals surface area contributed by atoms with E-state index < -0.39 is 18.6 Å². The highest BCUT2D eigenvalue weighted by Gasteiger charge is 2.23. The van der Waals surface area contributed by atoms with Gasteiger partial charge in [-0.3, -0.25) is 4.79 Å². The van der Waals surface area contributed by atoms with Crippen LogP contribution >= 0.6 is 12.2 Å². The lowest BCUT2D eigenvalue weighted by Gasteiger charge is -2.24. The van der Waals surface area contributed by atoms with Gasteiger partial charge in [-0.2, -0.15) is 8.78 Å². The van der Waals surface area contributed by atoms with E-state index in [0.29, 0.717) is 0 Å². The van der Waals surface area contributed by atoms with E-state index in [1.807, 2.05) is 0 Å². The summed E-state index contributed by atoms with van der Waals surface area (Å²) in [7, 11) is 1.49. The van der Waals surface area contributed by atoms with Crippen LogP contribution in [0.2, 0.25) is 0 Å². The van der Waals surface area contributed by atoms with E-state index in [-0.39, 0.29) is 16.3 Å². The second-order valence-corrected chi connectivity index (χ2v) is 4.34. The maximum atomic E-state index is 12.3. The number of likely N-dealkylation sites (N-methyl/N-ethyl adjacent to an activating group) is 1. The molecule has 0 aliphatic rings. The van der Waals surface area contributed by atoms with Crippen LogP contribution < -0.4 is 10.5 Å². The van der Waals surface area contributed by atoms with Gasteiger partial charge in [-0.25, -0.2) is 0 Å². The number of hydrogen-bond donors (Lipinski definition) is 1. The summed E-state index contributed by atoms with van der Waals surface area (Å²) in [6, 6.07) is 5.29. The van der Waals surface area contributed by atoms with Gasteiger partial charge in [-0.15, -0.1) is 0 Å². The molecular weight excluding hydrogens is 274 g/mol. The average molecular weight is 288 g/mol. The van der Waals surface area contributed by atoms with Crippen LogP contribution in [0.5, 0.6) is 5.75 Å². The Morgan fingerprint density at radius 2 is 2.00 bits per heavy atom. The molecule has 1 atom stereocenters.